The van der Waals surface area contributed by atoms with Crippen LogP contribution in [0.25, 0.3) is 0 Å². The van der Waals surface area contributed by atoms with E-state index in [1.165, 1.54) is 31.0 Å². The summed E-state index contributed by atoms with van der Waals surface area (Å²) in [7, 11) is 0. The number of amides is 2. The SMILES string of the molecule is CCCCn1c(CNC(=O)C23CC4CC(CC(C4)C2)C3)nnc1SCC(=O)Nc1cccc(C)c1. The number of nitrogens with one attached hydrogen (secondary N) is 2. The van der Waals surface area contributed by atoms with Gasteiger partial charge in [-0.1, -0.05) is 37.2 Å². The lowest BCUT2D eigenvalue weighted by atomic mass is 9.49. The zero-order valence-electron chi connectivity index (χ0n) is 20.9. The average molecular weight is 496 g/mol. The summed E-state index contributed by atoms with van der Waals surface area (Å²) in [5.41, 5.74) is 1.75. The molecule has 1 aromatic heterocycles. The lowest BCUT2D eigenvalue weighted by molar-refractivity contribution is -0.146. The fourth-order valence-corrected chi connectivity index (χ4v) is 7.67. The highest BCUT2D eigenvalue weighted by atomic mass is 32.2. The summed E-state index contributed by atoms with van der Waals surface area (Å²) in [5.74, 6) is 3.42. The third-order valence-corrected chi connectivity index (χ3v) is 9.06. The second-order valence-corrected chi connectivity index (χ2v) is 11.9. The molecule has 4 aliphatic carbocycles. The van der Waals surface area contributed by atoms with Gasteiger partial charge < -0.3 is 15.2 Å². The number of rotatable bonds is 10. The van der Waals surface area contributed by atoms with Gasteiger partial charge >= 0.3 is 0 Å². The molecule has 0 atom stereocenters. The quantitative estimate of drug-likeness (QED) is 0.455. The van der Waals surface area contributed by atoms with E-state index in [0.717, 1.165) is 78.6 Å². The minimum absolute atomic E-state index is 0.0673. The van der Waals surface area contributed by atoms with Gasteiger partial charge in [0.05, 0.1) is 12.3 Å². The highest BCUT2D eigenvalue weighted by Gasteiger charge is 2.54. The fourth-order valence-electron chi connectivity index (χ4n) is 6.88. The first-order chi connectivity index (χ1) is 16.9. The maximum atomic E-state index is 13.4. The van der Waals surface area contributed by atoms with Crippen LogP contribution in [-0.4, -0.2) is 32.3 Å². The van der Waals surface area contributed by atoms with Crippen LogP contribution < -0.4 is 10.6 Å². The first-order valence-electron chi connectivity index (χ1n) is 13.1. The van der Waals surface area contributed by atoms with Gasteiger partial charge in [0.1, 0.15) is 0 Å². The van der Waals surface area contributed by atoms with Gasteiger partial charge in [0, 0.05) is 17.6 Å². The van der Waals surface area contributed by atoms with E-state index in [1.54, 1.807) is 0 Å². The fraction of sp³-hybridized carbons (Fsp3) is 0.630. The molecule has 2 aromatic rings. The van der Waals surface area contributed by atoms with Gasteiger partial charge in [0.15, 0.2) is 11.0 Å². The van der Waals surface area contributed by atoms with Crippen LogP contribution in [0.15, 0.2) is 29.4 Å². The minimum atomic E-state index is -0.158. The summed E-state index contributed by atoms with van der Waals surface area (Å²) < 4.78 is 2.08. The number of benzene rings is 1. The Morgan fingerprint density at radius 2 is 1.83 bits per heavy atom. The van der Waals surface area contributed by atoms with E-state index in [9.17, 15) is 9.59 Å². The van der Waals surface area contributed by atoms with Gasteiger partial charge in [0.25, 0.3) is 0 Å². The summed E-state index contributed by atoms with van der Waals surface area (Å²) >= 11 is 1.40. The van der Waals surface area contributed by atoms with Gasteiger partial charge in [-0.25, -0.2) is 0 Å². The predicted molar refractivity (Wildman–Crippen MR) is 138 cm³/mol. The second kappa shape index (κ2) is 10.3. The van der Waals surface area contributed by atoms with Gasteiger partial charge in [-0.15, -0.1) is 10.2 Å². The van der Waals surface area contributed by atoms with E-state index in [1.807, 2.05) is 31.2 Å². The number of carbonyl (C=O) groups excluding carboxylic acids is 2. The molecule has 7 nitrogen and oxygen atoms in total. The first-order valence-corrected chi connectivity index (χ1v) is 14.1. The van der Waals surface area contributed by atoms with Crippen LogP contribution in [0.3, 0.4) is 0 Å². The van der Waals surface area contributed by atoms with Crippen LogP contribution in [0.4, 0.5) is 5.69 Å². The molecule has 0 saturated heterocycles. The molecular formula is C27H37N5O2S. The summed E-state index contributed by atoms with van der Waals surface area (Å²) in [6.07, 6.45) is 9.22. The molecule has 1 heterocycles. The summed E-state index contributed by atoms with van der Waals surface area (Å²) in [4.78, 5) is 25.9. The second-order valence-electron chi connectivity index (χ2n) is 11.0. The molecule has 0 aliphatic heterocycles. The number of anilines is 1. The summed E-state index contributed by atoms with van der Waals surface area (Å²) in [6, 6.07) is 7.79. The molecule has 4 saturated carbocycles. The van der Waals surface area contributed by atoms with Crippen molar-refractivity contribution < 1.29 is 9.59 Å². The molecule has 188 valence electrons. The lowest BCUT2D eigenvalue weighted by Gasteiger charge is -2.55. The van der Waals surface area contributed by atoms with Crippen LogP contribution >= 0.6 is 11.8 Å². The van der Waals surface area contributed by atoms with E-state index in [2.05, 4.69) is 32.3 Å². The Bertz CT molecular complexity index is 1050. The molecule has 2 N–H and O–H groups in total. The van der Waals surface area contributed by atoms with Gasteiger partial charge in [-0.05, 0) is 87.3 Å². The van der Waals surface area contributed by atoms with Crippen molar-refractivity contribution in [2.45, 2.75) is 83.5 Å². The zero-order valence-corrected chi connectivity index (χ0v) is 21.7. The number of unbranched alkanes of at least 4 members (excludes halogenated alkanes) is 1. The average Bonchev–Trinajstić information content (AvgIpc) is 3.20. The van der Waals surface area contributed by atoms with Crippen molar-refractivity contribution in [2.75, 3.05) is 11.1 Å². The molecule has 35 heavy (non-hydrogen) atoms. The van der Waals surface area contributed by atoms with Crippen LogP contribution in [-0.2, 0) is 22.7 Å². The summed E-state index contributed by atoms with van der Waals surface area (Å²) in [6.45, 7) is 5.34. The third-order valence-electron chi connectivity index (χ3n) is 8.09. The molecule has 4 fully saturated rings. The number of carbonyl (C=O) groups is 2. The zero-order chi connectivity index (χ0) is 24.4. The largest absolute Gasteiger partial charge is 0.348 e. The van der Waals surface area contributed by atoms with Crippen LogP contribution in [0.2, 0.25) is 0 Å². The topological polar surface area (TPSA) is 88.9 Å². The number of hydrogen-bond donors (Lipinski definition) is 2. The molecule has 4 bridgehead atoms. The maximum absolute atomic E-state index is 13.4. The molecule has 1 aromatic carbocycles. The molecule has 0 unspecified atom stereocenters. The van der Waals surface area contributed by atoms with E-state index in [0.29, 0.717) is 6.54 Å². The lowest BCUT2D eigenvalue weighted by Crippen LogP contribution is -2.53. The number of aryl methyl sites for hydroxylation is 1. The van der Waals surface area contributed by atoms with Gasteiger partial charge in [0.2, 0.25) is 11.8 Å². The Labute approximate surface area is 212 Å². The van der Waals surface area contributed by atoms with E-state index < -0.39 is 0 Å². The monoisotopic (exact) mass is 495 g/mol. The van der Waals surface area contributed by atoms with Crippen molar-refractivity contribution in [3.63, 3.8) is 0 Å². The highest BCUT2D eigenvalue weighted by molar-refractivity contribution is 7.99. The number of thioether (sulfide) groups is 1. The Kier molecular flexibility index (Phi) is 7.19. The van der Waals surface area contributed by atoms with E-state index in [-0.39, 0.29) is 23.0 Å². The number of aromatic nitrogens is 3. The van der Waals surface area contributed by atoms with Crippen molar-refractivity contribution in [2.24, 2.45) is 23.2 Å². The van der Waals surface area contributed by atoms with Gasteiger partial charge in [-0.3, -0.25) is 9.59 Å². The Hall–Kier alpha value is -2.35. The smallest absolute Gasteiger partial charge is 0.234 e. The van der Waals surface area contributed by atoms with E-state index >= 15 is 0 Å². The van der Waals surface area contributed by atoms with Crippen LogP contribution in [0, 0.1) is 30.1 Å². The van der Waals surface area contributed by atoms with Gasteiger partial charge in [-0.2, -0.15) is 0 Å². The number of nitrogens with zero attached hydrogens (tertiary/aromatic N) is 3. The highest BCUT2D eigenvalue weighted by Crippen LogP contribution is 2.60. The first kappa shape index (κ1) is 24.3. The Morgan fingerprint density at radius 1 is 1.11 bits per heavy atom. The maximum Gasteiger partial charge on any atom is 0.234 e. The van der Waals surface area contributed by atoms with Crippen molar-refractivity contribution in [1.82, 2.24) is 20.1 Å². The Balaban J connectivity index is 1.20. The van der Waals surface area contributed by atoms with Crippen molar-refractivity contribution in [3.05, 3.63) is 35.7 Å². The molecule has 0 radical (unpaired) electrons. The van der Waals surface area contributed by atoms with Crippen molar-refractivity contribution >= 4 is 29.3 Å². The molecule has 0 spiro atoms. The molecule has 2 amide bonds. The number of hydrogen-bond acceptors (Lipinski definition) is 5. The summed E-state index contributed by atoms with van der Waals surface area (Å²) in [5, 5.41) is 15.7. The molecule has 4 aliphatic rings. The van der Waals surface area contributed by atoms with Crippen molar-refractivity contribution in [3.8, 4) is 0 Å². The van der Waals surface area contributed by atoms with Crippen LogP contribution in [0.5, 0.6) is 0 Å². The standard InChI is InChI=1S/C27H37N5O2S/c1-3-4-8-32-23(16-28-25(34)27-13-19-10-20(14-27)12-21(11-19)15-27)30-31-26(32)35-17-24(33)29-22-7-5-6-18(2)9-22/h5-7,9,19-21H,3-4,8,10-17H2,1-2H3,(H,28,34)(H,29,33). The molecule has 6 rings (SSSR count). The van der Waals surface area contributed by atoms with Crippen LogP contribution in [0.1, 0.15) is 69.7 Å². The molecule has 8 heteroatoms. The Morgan fingerprint density at radius 3 is 2.49 bits per heavy atom. The predicted octanol–water partition coefficient (Wildman–Crippen LogP) is 4.95. The van der Waals surface area contributed by atoms with E-state index in [4.69, 9.17) is 0 Å². The minimum Gasteiger partial charge on any atom is -0.348 e. The third kappa shape index (κ3) is 5.42. The normalized spacial score (nSPS) is 26.6. The van der Waals surface area contributed by atoms with Crippen molar-refractivity contribution in [1.29, 1.82) is 0 Å². The molecular weight excluding hydrogens is 458 g/mol.